The molecule has 0 aliphatic carbocycles. The van der Waals surface area contributed by atoms with Crippen LogP contribution >= 0.6 is 0 Å². The topological polar surface area (TPSA) is 113 Å². The zero-order valence-corrected chi connectivity index (χ0v) is 18.2. The van der Waals surface area contributed by atoms with Crippen molar-refractivity contribution in [1.29, 1.82) is 0 Å². The van der Waals surface area contributed by atoms with E-state index in [-0.39, 0.29) is 11.6 Å². The van der Waals surface area contributed by atoms with Crippen LogP contribution < -0.4 is 16.2 Å². The van der Waals surface area contributed by atoms with Crippen molar-refractivity contribution in [3.05, 3.63) is 40.3 Å². The Kier molecular flexibility index (Phi) is 5.11. The van der Waals surface area contributed by atoms with Crippen molar-refractivity contribution < 1.29 is 0 Å². The Morgan fingerprint density at radius 1 is 1.28 bits per heavy atom. The quantitative estimate of drug-likeness (QED) is 0.477. The van der Waals surface area contributed by atoms with E-state index in [1.165, 1.54) is 4.68 Å². The van der Waals surface area contributed by atoms with Crippen LogP contribution in [-0.4, -0.2) is 53.5 Å². The lowest BCUT2D eigenvalue weighted by atomic mass is 10.1. The standard InChI is InChI=1S/C22H25N9O/c1-3-4-10-30-20-18(25-22(30)29-9-5-6-16(23)14-29)12-24-31(21(20)32)13-15-7-8-19-17(11-15)26-27-28(19)2/h7-8,11-12,16H,5-6,9-10,13-14,23H2,1-2H3/t16-/m1/s1. The predicted molar refractivity (Wildman–Crippen MR) is 122 cm³/mol. The summed E-state index contributed by atoms with van der Waals surface area (Å²) in [5.74, 6) is 6.73. The molecule has 0 spiro atoms. The van der Waals surface area contributed by atoms with Gasteiger partial charge in [0.2, 0.25) is 5.95 Å². The fraction of sp³-hybridized carbons (Fsp3) is 0.409. The number of piperidine rings is 1. The molecule has 10 nitrogen and oxygen atoms in total. The molecular formula is C22H25N9O. The first-order chi connectivity index (χ1) is 15.5. The van der Waals surface area contributed by atoms with Gasteiger partial charge in [-0.05, 0) is 37.5 Å². The van der Waals surface area contributed by atoms with Crippen LogP contribution in [0.2, 0.25) is 0 Å². The highest BCUT2D eigenvalue weighted by Crippen LogP contribution is 2.23. The van der Waals surface area contributed by atoms with Crippen molar-refractivity contribution >= 4 is 28.0 Å². The lowest BCUT2D eigenvalue weighted by molar-refractivity contribution is 0.496. The van der Waals surface area contributed by atoms with Crippen molar-refractivity contribution in [2.75, 3.05) is 18.0 Å². The highest BCUT2D eigenvalue weighted by atomic mass is 16.1. The zero-order valence-electron chi connectivity index (χ0n) is 18.2. The van der Waals surface area contributed by atoms with Gasteiger partial charge in [0.1, 0.15) is 16.6 Å². The zero-order chi connectivity index (χ0) is 22.2. The van der Waals surface area contributed by atoms with Gasteiger partial charge in [0.25, 0.3) is 5.56 Å². The molecule has 1 fully saturated rings. The van der Waals surface area contributed by atoms with Crippen molar-refractivity contribution in [3.63, 3.8) is 0 Å². The number of anilines is 1. The van der Waals surface area contributed by atoms with Gasteiger partial charge < -0.3 is 10.6 Å². The summed E-state index contributed by atoms with van der Waals surface area (Å²) in [7, 11) is 1.85. The third-order valence-electron chi connectivity index (χ3n) is 5.89. The lowest BCUT2D eigenvalue weighted by Gasteiger charge is -2.31. The van der Waals surface area contributed by atoms with Gasteiger partial charge in [-0.2, -0.15) is 5.10 Å². The van der Waals surface area contributed by atoms with E-state index in [1.807, 2.05) is 29.8 Å². The van der Waals surface area contributed by atoms with E-state index in [0.29, 0.717) is 30.7 Å². The summed E-state index contributed by atoms with van der Waals surface area (Å²) in [6, 6.07) is 5.94. The fourth-order valence-corrected chi connectivity index (χ4v) is 4.28. The molecule has 1 aliphatic rings. The number of imidazole rings is 1. The third kappa shape index (κ3) is 3.50. The number of hydrogen-bond acceptors (Lipinski definition) is 7. The van der Waals surface area contributed by atoms with Crippen molar-refractivity contribution in [2.45, 2.75) is 38.9 Å². The number of rotatable bonds is 4. The Labute approximate surface area is 184 Å². The van der Waals surface area contributed by atoms with Gasteiger partial charge in [0.05, 0.1) is 24.8 Å². The monoisotopic (exact) mass is 431 g/mol. The molecule has 0 radical (unpaired) electrons. The maximum atomic E-state index is 13.5. The Morgan fingerprint density at radius 2 is 2.16 bits per heavy atom. The van der Waals surface area contributed by atoms with E-state index in [2.05, 4.69) is 32.2 Å². The van der Waals surface area contributed by atoms with Gasteiger partial charge >= 0.3 is 0 Å². The minimum absolute atomic E-state index is 0.0973. The van der Waals surface area contributed by atoms with Crippen LogP contribution in [0.15, 0.2) is 29.2 Å². The van der Waals surface area contributed by atoms with Crippen LogP contribution in [-0.2, 0) is 20.1 Å². The average Bonchev–Trinajstić information content (AvgIpc) is 3.35. The molecule has 1 saturated heterocycles. The minimum Gasteiger partial charge on any atom is -0.341 e. The second kappa shape index (κ2) is 8.09. The number of aromatic nitrogens is 7. The maximum Gasteiger partial charge on any atom is 0.293 e. The molecule has 0 bridgehead atoms. The number of nitrogens with zero attached hydrogens (tertiary/aromatic N) is 8. The Bertz CT molecular complexity index is 1420. The molecule has 1 aliphatic heterocycles. The molecule has 0 saturated carbocycles. The summed E-state index contributed by atoms with van der Waals surface area (Å²) in [6.07, 6.45) is 3.65. The highest BCUT2D eigenvalue weighted by molar-refractivity contribution is 5.77. The largest absolute Gasteiger partial charge is 0.341 e. The number of nitrogens with two attached hydrogens (primary N) is 1. The van der Waals surface area contributed by atoms with Crippen LogP contribution in [0.1, 0.15) is 25.3 Å². The van der Waals surface area contributed by atoms with Crippen LogP contribution in [0.5, 0.6) is 0 Å². The predicted octanol–water partition coefficient (Wildman–Crippen LogP) is 0.874. The molecule has 5 rings (SSSR count). The van der Waals surface area contributed by atoms with Crippen LogP contribution in [0.3, 0.4) is 0 Å². The third-order valence-corrected chi connectivity index (χ3v) is 5.89. The molecule has 32 heavy (non-hydrogen) atoms. The summed E-state index contributed by atoms with van der Waals surface area (Å²) >= 11 is 0. The van der Waals surface area contributed by atoms with Gasteiger partial charge in [-0.3, -0.25) is 9.36 Å². The van der Waals surface area contributed by atoms with Crippen molar-refractivity contribution in [1.82, 2.24) is 34.3 Å². The smallest absolute Gasteiger partial charge is 0.293 e. The first-order valence-electron chi connectivity index (χ1n) is 10.7. The van der Waals surface area contributed by atoms with E-state index < -0.39 is 0 Å². The van der Waals surface area contributed by atoms with Crippen LogP contribution in [0.4, 0.5) is 5.95 Å². The van der Waals surface area contributed by atoms with Gasteiger partial charge in [0.15, 0.2) is 0 Å². The van der Waals surface area contributed by atoms with Crippen molar-refractivity contribution in [2.24, 2.45) is 12.8 Å². The van der Waals surface area contributed by atoms with E-state index >= 15 is 0 Å². The number of fused-ring (bicyclic) bond motifs is 2. The van der Waals surface area contributed by atoms with E-state index in [4.69, 9.17) is 10.7 Å². The van der Waals surface area contributed by atoms with Crippen LogP contribution in [0, 0.1) is 11.8 Å². The number of hydrogen-bond donors (Lipinski definition) is 1. The Morgan fingerprint density at radius 3 is 2.97 bits per heavy atom. The van der Waals surface area contributed by atoms with Crippen molar-refractivity contribution in [3.8, 4) is 11.8 Å². The normalized spacial score (nSPS) is 16.5. The first kappa shape index (κ1) is 20.2. The second-order valence-corrected chi connectivity index (χ2v) is 8.15. The average molecular weight is 432 g/mol. The first-order valence-corrected chi connectivity index (χ1v) is 10.7. The maximum absolute atomic E-state index is 13.5. The van der Waals surface area contributed by atoms with E-state index in [0.717, 1.165) is 41.9 Å². The molecule has 4 heterocycles. The molecule has 10 heteroatoms. The molecule has 164 valence electrons. The molecule has 1 atom stereocenters. The molecule has 2 N–H and O–H groups in total. The minimum atomic E-state index is -0.195. The Hall–Kier alpha value is -3.71. The number of benzene rings is 1. The highest BCUT2D eigenvalue weighted by Gasteiger charge is 2.24. The molecular weight excluding hydrogens is 406 g/mol. The van der Waals surface area contributed by atoms with E-state index in [1.54, 1.807) is 17.8 Å². The summed E-state index contributed by atoms with van der Waals surface area (Å²) in [4.78, 5) is 20.4. The SMILES string of the molecule is CC#CCn1c(N2CCC[C@@H](N)C2)nc2cnn(Cc3ccc4c(c3)nnn4C)c(=O)c21. The molecule has 4 aromatic rings. The summed E-state index contributed by atoms with van der Waals surface area (Å²) in [6.45, 7) is 4.08. The molecule has 3 aromatic heterocycles. The van der Waals surface area contributed by atoms with Gasteiger partial charge in [-0.25, -0.2) is 14.3 Å². The van der Waals surface area contributed by atoms with Gasteiger partial charge in [-0.1, -0.05) is 17.2 Å². The van der Waals surface area contributed by atoms with E-state index in [9.17, 15) is 4.79 Å². The van der Waals surface area contributed by atoms with Gasteiger partial charge in [-0.15, -0.1) is 11.0 Å². The molecule has 0 amide bonds. The summed E-state index contributed by atoms with van der Waals surface area (Å²) in [5, 5.41) is 12.6. The summed E-state index contributed by atoms with van der Waals surface area (Å²) in [5.41, 5.74) is 9.72. The summed E-state index contributed by atoms with van der Waals surface area (Å²) < 4.78 is 5.08. The fourth-order valence-electron chi connectivity index (χ4n) is 4.28. The second-order valence-electron chi connectivity index (χ2n) is 8.15. The number of aryl methyl sites for hydroxylation is 1. The Balaban J connectivity index is 1.57. The molecule has 0 unspecified atom stereocenters. The molecule has 1 aromatic carbocycles. The lowest BCUT2D eigenvalue weighted by Crippen LogP contribution is -2.44. The van der Waals surface area contributed by atoms with Gasteiger partial charge in [0, 0.05) is 26.2 Å². The van der Waals surface area contributed by atoms with Crippen LogP contribution in [0.25, 0.3) is 22.1 Å².